The second-order valence-corrected chi connectivity index (χ2v) is 6.35. The lowest BCUT2D eigenvalue weighted by atomic mass is 10.2. The van der Waals surface area contributed by atoms with Crippen LogP contribution in [0.1, 0.15) is 31.5 Å². The maximum atomic E-state index is 12.2. The lowest BCUT2D eigenvalue weighted by Gasteiger charge is -2.09. The normalized spacial score (nSPS) is 11.9. The molecule has 8 nitrogen and oxygen atoms in total. The molecular weight excluding hydrogens is 373 g/mol. The Bertz CT molecular complexity index is 862. The molecule has 138 valence electrons. The summed E-state index contributed by atoms with van der Waals surface area (Å²) in [6.07, 6.45) is -4.74. The Hall–Kier alpha value is -2.63. The smallest absolute Gasteiger partial charge is 0.406 e. The SMILES string of the molecule is CC(C)c1noc(CSc2nnnn2-c2ccc(OC(F)(F)F)cc2)n1. The van der Waals surface area contributed by atoms with Crippen molar-refractivity contribution in [3.05, 3.63) is 36.0 Å². The van der Waals surface area contributed by atoms with Crippen molar-refractivity contribution in [2.75, 3.05) is 0 Å². The summed E-state index contributed by atoms with van der Waals surface area (Å²) in [4.78, 5) is 4.26. The van der Waals surface area contributed by atoms with E-state index in [4.69, 9.17) is 4.52 Å². The van der Waals surface area contributed by atoms with Crippen LogP contribution in [0, 0.1) is 0 Å². The summed E-state index contributed by atoms with van der Waals surface area (Å²) in [5, 5.41) is 15.6. The fraction of sp³-hybridized carbons (Fsp3) is 0.357. The van der Waals surface area contributed by atoms with Gasteiger partial charge < -0.3 is 9.26 Å². The van der Waals surface area contributed by atoms with E-state index in [1.807, 2.05) is 13.8 Å². The molecule has 0 atom stereocenters. The highest BCUT2D eigenvalue weighted by atomic mass is 32.2. The maximum Gasteiger partial charge on any atom is 0.573 e. The summed E-state index contributed by atoms with van der Waals surface area (Å²) in [7, 11) is 0. The van der Waals surface area contributed by atoms with E-state index in [1.54, 1.807) is 0 Å². The van der Waals surface area contributed by atoms with Crippen LogP contribution in [-0.4, -0.2) is 36.7 Å². The van der Waals surface area contributed by atoms with Crippen molar-refractivity contribution in [3.8, 4) is 11.4 Å². The molecule has 0 aliphatic rings. The van der Waals surface area contributed by atoms with Crippen LogP contribution in [0.15, 0.2) is 33.9 Å². The van der Waals surface area contributed by atoms with E-state index in [-0.39, 0.29) is 11.7 Å². The number of benzene rings is 1. The minimum absolute atomic E-state index is 0.153. The molecule has 1 aromatic carbocycles. The fourth-order valence-electron chi connectivity index (χ4n) is 1.91. The molecule has 0 radical (unpaired) electrons. The maximum absolute atomic E-state index is 12.2. The number of ether oxygens (including phenoxy) is 1. The highest BCUT2D eigenvalue weighted by Gasteiger charge is 2.31. The summed E-state index contributed by atoms with van der Waals surface area (Å²) in [6, 6.07) is 5.22. The fourth-order valence-corrected chi connectivity index (χ4v) is 2.64. The zero-order valence-corrected chi connectivity index (χ0v) is 14.5. The quantitative estimate of drug-likeness (QED) is 0.596. The number of alkyl halides is 3. The van der Waals surface area contributed by atoms with Crippen molar-refractivity contribution >= 4 is 11.8 Å². The van der Waals surface area contributed by atoms with Crippen LogP contribution < -0.4 is 4.74 Å². The number of hydrogen-bond donors (Lipinski definition) is 0. The van der Waals surface area contributed by atoms with Gasteiger partial charge in [0.05, 0.1) is 11.4 Å². The highest BCUT2D eigenvalue weighted by molar-refractivity contribution is 7.98. The molecule has 12 heteroatoms. The number of nitrogens with zero attached hydrogens (tertiary/aromatic N) is 6. The molecule has 0 unspecified atom stereocenters. The predicted molar refractivity (Wildman–Crippen MR) is 83.8 cm³/mol. The summed E-state index contributed by atoms with van der Waals surface area (Å²) >= 11 is 1.26. The van der Waals surface area contributed by atoms with Crippen molar-refractivity contribution in [1.29, 1.82) is 0 Å². The van der Waals surface area contributed by atoms with Crippen LogP contribution in [0.3, 0.4) is 0 Å². The van der Waals surface area contributed by atoms with Gasteiger partial charge in [-0.1, -0.05) is 30.8 Å². The third-order valence-corrected chi connectivity index (χ3v) is 3.98. The van der Waals surface area contributed by atoms with Crippen molar-refractivity contribution in [2.24, 2.45) is 0 Å². The van der Waals surface area contributed by atoms with Gasteiger partial charge in [-0.25, -0.2) is 0 Å². The van der Waals surface area contributed by atoms with Crippen LogP contribution in [-0.2, 0) is 5.75 Å². The zero-order valence-electron chi connectivity index (χ0n) is 13.6. The van der Waals surface area contributed by atoms with Gasteiger partial charge in [0.2, 0.25) is 11.0 Å². The highest BCUT2D eigenvalue weighted by Crippen LogP contribution is 2.26. The molecule has 3 rings (SSSR count). The van der Waals surface area contributed by atoms with Crippen molar-refractivity contribution in [1.82, 2.24) is 30.3 Å². The Morgan fingerprint density at radius 3 is 2.58 bits per heavy atom. The average Bonchev–Trinajstić information content (AvgIpc) is 3.21. The monoisotopic (exact) mass is 386 g/mol. The Kier molecular flexibility index (Phi) is 5.11. The number of aromatic nitrogens is 6. The summed E-state index contributed by atoms with van der Waals surface area (Å²) in [5.41, 5.74) is 0.487. The third-order valence-electron chi connectivity index (χ3n) is 3.08. The lowest BCUT2D eigenvalue weighted by Crippen LogP contribution is -2.17. The van der Waals surface area contributed by atoms with E-state index < -0.39 is 6.36 Å². The van der Waals surface area contributed by atoms with Gasteiger partial charge in [-0.05, 0) is 34.7 Å². The number of halogens is 3. The summed E-state index contributed by atoms with van der Waals surface area (Å²) in [6.45, 7) is 3.91. The Morgan fingerprint density at radius 2 is 1.96 bits per heavy atom. The molecule has 0 aliphatic carbocycles. The second-order valence-electron chi connectivity index (χ2n) is 5.40. The van der Waals surface area contributed by atoms with E-state index in [1.165, 1.54) is 40.7 Å². The molecule has 2 heterocycles. The van der Waals surface area contributed by atoms with Gasteiger partial charge in [0.15, 0.2) is 5.82 Å². The van der Waals surface area contributed by atoms with Gasteiger partial charge in [0, 0.05) is 5.92 Å². The van der Waals surface area contributed by atoms with E-state index in [2.05, 4.69) is 30.4 Å². The largest absolute Gasteiger partial charge is 0.573 e. The standard InChI is InChI=1S/C14H13F3N6O2S/c1-8(2)12-18-11(25-20-12)7-26-13-19-21-22-23(13)9-3-5-10(6-4-9)24-14(15,16)17/h3-6,8H,7H2,1-2H3. The van der Waals surface area contributed by atoms with Crippen molar-refractivity contribution in [2.45, 2.75) is 37.0 Å². The predicted octanol–water partition coefficient (Wildman–Crippen LogP) is 3.36. The first-order valence-corrected chi connectivity index (χ1v) is 8.40. The van der Waals surface area contributed by atoms with Gasteiger partial charge in [0.25, 0.3) is 0 Å². The second kappa shape index (κ2) is 7.32. The van der Waals surface area contributed by atoms with Crippen LogP contribution in [0.4, 0.5) is 13.2 Å². The molecule has 0 bridgehead atoms. The van der Waals surface area contributed by atoms with Crippen LogP contribution in [0.2, 0.25) is 0 Å². The molecular formula is C14H13F3N6O2S. The molecule has 26 heavy (non-hydrogen) atoms. The summed E-state index contributed by atoms with van der Waals surface area (Å²) < 4.78 is 47.0. The van der Waals surface area contributed by atoms with Gasteiger partial charge in [0.1, 0.15) is 5.75 Å². The zero-order chi connectivity index (χ0) is 18.7. The van der Waals surface area contributed by atoms with Crippen molar-refractivity contribution < 1.29 is 22.4 Å². The average molecular weight is 386 g/mol. The first-order valence-electron chi connectivity index (χ1n) is 7.41. The first kappa shape index (κ1) is 18.2. The molecule has 0 fully saturated rings. The molecule has 0 saturated heterocycles. The number of tetrazole rings is 1. The van der Waals surface area contributed by atoms with E-state index in [0.29, 0.717) is 28.3 Å². The minimum Gasteiger partial charge on any atom is -0.406 e. The van der Waals surface area contributed by atoms with E-state index in [9.17, 15) is 13.2 Å². The molecule has 0 saturated carbocycles. The third kappa shape index (κ3) is 4.50. The van der Waals surface area contributed by atoms with E-state index in [0.717, 1.165) is 0 Å². The van der Waals surface area contributed by atoms with Gasteiger partial charge in [-0.3, -0.25) is 0 Å². The summed E-state index contributed by atoms with van der Waals surface area (Å²) in [5.74, 6) is 1.23. The van der Waals surface area contributed by atoms with Crippen LogP contribution in [0.25, 0.3) is 5.69 Å². The molecule has 0 N–H and O–H groups in total. The molecule has 0 amide bonds. The van der Waals surface area contributed by atoms with Crippen LogP contribution in [0.5, 0.6) is 5.75 Å². The van der Waals surface area contributed by atoms with E-state index >= 15 is 0 Å². The Morgan fingerprint density at radius 1 is 1.23 bits per heavy atom. The van der Waals surface area contributed by atoms with Crippen molar-refractivity contribution in [3.63, 3.8) is 0 Å². The Balaban J connectivity index is 1.69. The lowest BCUT2D eigenvalue weighted by molar-refractivity contribution is -0.274. The molecule has 0 spiro atoms. The number of thioether (sulfide) groups is 1. The van der Waals surface area contributed by atoms with Gasteiger partial charge >= 0.3 is 6.36 Å². The van der Waals surface area contributed by atoms with Crippen LogP contribution >= 0.6 is 11.8 Å². The number of rotatable bonds is 6. The first-order chi connectivity index (χ1) is 12.3. The molecule has 3 aromatic rings. The Labute approximate surface area is 149 Å². The molecule has 2 aromatic heterocycles. The van der Waals surface area contributed by atoms with Gasteiger partial charge in [-0.2, -0.15) is 9.67 Å². The van der Waals surface area contributed by atoms with Gasteiger partial charge in [-0.15, -0.1) is 18.3 Å². The topological polar surface area (TPSA) is 91.8 Å². The molecule has 0 aliphatic heterocycles. The minimum atomic E-state index is -4.74. The number of hydrogen-bond acceptors (Lipinski definition) is 8.